The number of aromatic nitrogens is 3. The second kappa shape index (κ2) is 35.0. The summed E-state index contributed by atoms with van der Waals surface area (Å²) in [6.07, 6.45) is 21.5. The van der Waals surface area contributed by atoms with E-state index in [1.807, 2.05) is 73.4 Å². The van der Waals surface area contributed by atoms with Crippen molar-refractivity contribution in [3.05, 3.63) is 259 Å². The highest BCUT2D eigenvalue weighted by atomic mass is 16.3. The molecular formula is C79H115N3O4. The molecule has 0 saturated heterocycles. The van der Waals surface area contributed by atoms with E-state index in [0.29, 0.717) is 10.8 Å². The zero-order valence-corrected chi connectivity index (χ0v) is 58.6. The minimum Gasteiger partial charge on any atom is -0.472 e. The molecule has 0 fully saturated rings. The SMILES string of the molecule is CC(C)(C)c1ccccc1.CC(C)(C)c1ccccc1.CC(C)(C)c1cccnc1.CC(C)(C)c1ccco1.CC(C)(C)c1ccco1.CC(C)(C)c1ccncc1.CC(C)(C)c1ccncc1.CC(C)(C)c1ccoc1.CC(C)(C)c1ccoc1. The summed E-state index contributed by atoms with van der Waals surface area (Å²) in [7, 11) is 0. The second-order valence-electron chi connectivity index (χ2n) is 30.7. The molecule has 7 nitrogen and oxygen atoms in total. The normalized spacial score (nSPS) is 11.7. The van der Waals surface area contributed by atoms with E-state index in [-0.39, 0.29) is 37.9 Å². The lowest BCUT2D eigenvalue weighted by molar-refractivity contribution is 0.409. The van der Waals surface area contributed by atoms with Gasteiger partial charge < -0.3 is 17.7 Å². The highest BCUT2D eigenvalue weighted by Gasteiger charge is 2.19. The van der Waals surface area contributed by atoms with Gasteiger partial charge in [0.05, 0.1) is 37.6 Å². The lowest BCUT2D eigenvalue weighted by Crippen LogP contribution is -2.10. The quantitative estimate of drug-likeness (QED) is 0.149. The first kappa shape index (κ1) is 77.0. The van der Waals surface area contributed by atoms with Crippen LogP contribution in [0.2, 0.25) is 0 Å². The summed E-state index contributed by atoms with van der Waals surface area (Å²) in [5.74, 6) is 2.09. The van der Waals surface area contributed by atoms with E-state index in [1.165, 1.54) is 38.9 Å². The predicted molar refractivity (Wildman–Crippen MR) is 369 cm³/mol. The monoisotopic (exact) mass is 1170 g/mol. The Morgan fingerprint density at radius 2 is 0.500 bits per heavy atom. The predicted octanol–water partition coefficient (Wildman–Crippen LogP) is 23.4. The Balaban J connectivity index is 0.000000484. The van der Waals surface area contributed by atoms with Crippen molar-refractivity contribution in [2.75, 3.05) is 0 Å². The van der Waals surface area contributed by atoms with Gasteiger partial charge in [-0.1, -0.05) is 254 Å². The molecule has 86 heavy (non-hydrogen) atoms. The molecule has 0 bridgehead atoms. The minimum absolute atomic E-state index is 0.156. The third kappa shape index (κ3) is 33.6. The summed E-state index contributed by atoms with van der Waals surface area (Å²) < 4.78 is 20.3. The molecule has 0 aliphatic carbocycles. The molecule has 2 aromatic carbocycles. The van der Waals surface area contributed by atoms with Gasteiger partial charge in [-0.25, -0.2) is 0 Å². The minimum atomic E-state index is 0.156. The highest BCUT2D eigenvalue weighted by Crippen LogP contribution is 2.27. The molecule has 7 heterocycles. The Bertz CT molecular complexity index is 2530. The summed E-state index contributed by atoms with van der Waals surface area (Å²) in [6, 6.07) is 45.2. The van der Waals surface area contributed by atoms with Crippen molar-refractivity contribution in [1.82, 2.24) is 15.0 Å². The first-order valence-electron chi connectivity index (χ1n) is 30.4. The van der Waals surface area contributed by atoms with Gasteiger partial charge in [-0.05, 0) is 144 Å². The van der Waals surface area contributed by atoms with Crippen LogP contribution in [0.25, 0.3) is 0 Å². The average molecular weight is 1170 g/mol. The Labute approximate surface area is 524 Å². The Morgan fingerprint density at radius 1 is 0.221 bits per heavy atom. The number of hydrogen-bond donors (Lipinski definition) is 0. The number of benzene rings is 2. The molecule has 0 aliphatic rings. The van der Waals surface area contributed by atoms with Crippen molar-refractivity contribution in [2.24, 2.45) is 0 Å². The molecule has 0 radical (unpaired) electrons. The van der Waals surface area contributed by atoms with Crippen molar-refractivity contribution in [3.8, 4) is 0 Å². The third-order valence-electron chi connectivity index (χ3n) is 13.2. The lowest BCUT2D eigenvalue weighted by Gasteiger charge is -2.18. The van der Waals surface area contributed by atoms with E-state index in [4.69, 9.17) is 17.7 Å². The van der Waals surface area contributed by atoms with Gasteiger partial charge in [-0.3, -0.25) is 15.0 Å². The molecular weight excluding hydrogens is 1050 g/mol. The first-order chi connectivity index (χ1) is 39.4. The number of nitrogens with zero attached hydrogens (tertiary/aromatic N) is 3. The van der Waals surface area contributed by atoms with Gasteiger partial charge in [0.1, 0.15) is 11.5 Å². The standard InChI is InChI=1S/2C10H14.3C9H13N.4C8H12O/c2*1-10(2,3)9-7-5-4-6-8-9;2*1-9(2,3)8-4-6-10-7-5-8;1-9(2,3)8-5-4-6-10-7-8;2*1-8(2,3)7-4-5-9-6-7;2*1-8(2,3)7-5-4-6-9-7/h2*4-8H,1-3H3;3*4-7H,1-3H3;4*4-6H,1-3H3. The van der Waals surface area contributed by atoms with Gasteiger partial charge >= 0.3 is 0 Å². The molecule has 7 heteroatoms. The largest absolute Gasteiger partial charge is 0.472 e. The molecule has 0 atom stereocenters. The van der Waals surface area contributed by atoms with Crippen molar-refractivity contribution in [1.29, 1.82) is 0 Å². The van der Waals surface area contributed by atoms with Crippen LogP contribution < -0.4 is 0 Å². The van der Waals surface area contributed by atoms with Gasteiger partial charge in [0.15, 0.2) is 0 Å². The van der Waals surface area contributed by atoms with Gasteiger partial charge in [0, 0.05) is 48.0 Å². The Morgan fingerprint density at radius 3 is 0.651 bits per heavy atom. The summed E-state index contributed by atoms with van der Waals surface area (Å²) >= 11 is 0. The topological polar surface area (TPSA) is 91.2 Å². The number of pyridine rings is 3. The smallest absolute Gasteiger partial charge is 0.109 e. The van der Waals surface area contributed by atoms with Crippen LogP contribution in [0.5, 0.6) is 0 Å². The summed E-state index contributed by atoms with van der Waals surface area (Å²) in [5.41, 5.74) is 11.4. The molecule has 470 valence electrons. The maximum Gasteiger partial charge on any atom is 0.109 e. The zero-order valence-electron chi connectivity index (χ0n) is 58.6. The maximum absolute atomic E-state index is 5.20. The lowest BCUT2D eigenvalue weighted by atomic mass is 9.87. The zero-order chi connectivity index (χ0) is 65.7. The summed E-state index contributed by atoms with van der Waals surface area (Å²) in [6.45, 7) is 58.9. The van der Waals surface area contributed by atoms with Gasteiger partial charge in [-0.2, -0.15) is 0 Å². The number of rotatable bonds is 0. The first-order valence-corrected chi connectivity index (χ1v) is 30.4. The maximum atomic E-state index is 5.20. The number of hydrogen-bond acceptors (Lipinski definition) is 7. The van der Waals surface area contributed by atoms with Crippen molar-refractivity contribution < 1.29 is 17.7 Å². The van der Waals surface area contributed by atoms with Crippen LogP contribution in [0.15, 0.2) is 226 Å². The third-order valence-corrected chi connectivity index (χ3v) is 13.2. The summed E-state index contributed by atoms with van der Waals surface area (Å²) in [4.78, 5) is 12.0. The molecule has 9 aromatic rings. The van der Waals surface area contributed by atoms with Crippen molar-refractivity contribution in [3.63, 3.8) is 0 Å². The van der Waals surface area contributed by atoms with Crippen molar-refractivity contribution in [2.45, 2.75) is 236 Å². The van der Waals surface area contributed by atoms with E-state index < -0.39 is 0 Å². The van der Waals surface area contributed by atoms with E-state index in [2.05, 4.69) is 293 Å². The van der Waals surface area contributed by atoms with Crippen LogP contribution in [-0.4, -0.2) is 15.0 Å². The fourth-order valence-electron chi connectivity index (χ4n) is 7.18. The highest BCUT2D eigenvalue weighted by molar-refractivity contribution is 5.24. The van der Waals surface area contributed by atoms with Gasteiger partial charge in [-0.15, -0.1) is 0 Å². The van der Waals surface area contributed by atoms with Crippen LogP contribution >= 0.6 is 0 Å². The van der Waals surface area contributed by atoms with Crippen molar-refractivity contribution >= 4 is 0 Å². The van der Waals surface area contributed by atoms with Crippen LogP contribution in [0.3, 0.4) is 0 Å². The Hall–Kier alpha value is -6.99. The van der Waals surface area contributed by atoms with Crippen LogP contribution in [-0.2, 0) is 48.7 Å². The second-order valence-corrected chi connectivity index (χ2v) is 30.7. The molecule has 0 aliphatic heterocycles. The molecule has 0 unspecified atom stereocenters. The van der Waals surface area contributed by atoms with E-state index in [0.717, 1.165) is 11.5 Å². The van der Waals surface area contributed by atoms with Gasteiger partial charge in [0.2, 0.25) is 0 Å². The molecule has 7 aromatic heterocycles. The average Bonchev–Trinajstić information content (AvgIpc) is 4.33. The van der Waals surface area contributed by atoms with E-state index >= 15 is 0 Å². The molecule has 0 N–H and O–H groups in total. The number of furan rings is 4. The molecule has 9 rings (SSSR count). The van der Waals surface area contributed by atoms with E-state index in [1.54, 1.807) is 43.8 Å². The Kier molecular flexibility index (Phi) is 31.3. The molecule has 0 amide bonds. The van der Waals surface area contributed by atoms with Crippen LogP contribution in [0.1, 0.15) is 237 Å². The fraction of sp³-hybridized carbons (Fsp3) is 0.456. The van der Waals surface area contributed by atoms with E-state index in [9.17, 15) is 0 Å². The molecule has 0 spiro atoms. The summed E-state index contributed by atoms with van der Waals surface area (Å²) in [5, 5.41) is 0. The van der Waals surface area contributed by atoms with Gasteiger partial charge in [0.25, 0.3) is 0 Å². The van der Waals surface area contributed by atoms with Crippen LogP contribution in [0, 0.1) is 0 Å². The van der Waals surface area contributed by atoms with Crippen LogP contribution in [0.4, 0.5) is 0 Å². The molecule has 0 saturated carbocycles. The fourth-order valence-corrected chi connectivity index (χ4v) is 7.18.